The third kappa shape index (κ3) is 3.57. The van der Waals surface area contributed by atoms with E-state index in [1.807, 2.05) is 11.4 Å². The highest BCUT2D eigenvalue weighted by Crippen LogP contribution is 2.34. The molecule has 25 heavy (non-hydrogen) atoms. The quantitative estimate of drug-likeness (QED) is 0.562. The highest BCUT2D eigenvalue weighted by molar-refractivity contribution is 6.01. The summed E-state index contributed by atoms with van der Waals surface area (Å²) in [6, 6.07) is 3.35. The van der Waals surface area contributed by atoms with E-state index < -0.39 is 30.0 Å². The Hall–Kier alpha value is -2.25. The lowest BCUT2D eigenvalue weighted by Gasteiger charge is -2.32. The number of halogens is 3. The number of benzene rings is 1. The molecule has 4 N–H and O–H groups in total. The summed E-state index contributed by atoms with van der Waals surface area (Å²) >= 11 is 0. The molecular formula is C17H20F3N3O2. The molecule has 1 aliphatic carbocycles. The molecular weight excluding hydrogens is 335 g/mol. The van der Waals surface area contributed by atoms with Crippen molar-refractivity contribution in [3.8, 4) is 0 Å². The van der Waals surface area contributed by atoms with Crippen molar-refractivity contribution >= 4 is 17.5 Å². The molecule has 136 valence electrons. The van der Waals surface area contributed by atoms with Crippen LogP contribution < -0.4 is 16.4 Å². The van der Waals surface area contributed by atoms with Gasteiger partial charge in [-0.2, -0.15) is 13.2 Å². The molecule has 0 saturated carbocycles. The smallest absolute Gasteiger partial charge is 0.398 e. The van der Waals surface area contributed by atoms with E-state index in [0.717, 1.165) is 24.0 Å². The number of amides is 2. The van der Waals surface area contributed by atoms with Gasteiger partial charge in [-0.15, -0.1) is 0 Å². The lowest BCUT2D eigenvalue weighted by molar-refractivity contribution is -0.171. The zero-order chi connectivity index (χ0) is 18.2. The van der Waals surface area contributed by atoms with E-state index in [-0.39, 0.29) is 18.9 Å². The van der Waals surface area contributed by atoms with Crippen molar-refractivity contribution in [2.45, 2.75) is 50.4 Å². The second-order valence-electron chi connectivity index (χ2n) is 6.60. The van der Waals surface area contributed by atoms with Gasteiger partial charge in [-0.25, -0.2) is 0 Å². The van der Waals surface area contributed by atoms with E-state index in [0.29, 0.717) is 12.1 Å². The third-order valence-electron chi connectivity index (χ3n) is 4.95. The molecule has 0 bridgehead atoms. The lowest BCUT2D eigenvalue weighted by atomic mass is 9.85. The fourth-order valence-corrected chi connectivity index (χ4v) is 3.60. The number of nitrogen functional groups attached to an aromatic ring is 1. The van der Waals surface area contributed by atoms with Gasteiger partial charge >= 0.3 is 6.18 Å². The number of nitrogens with two attached hydrogens (primary N) is 1. The number of fused-ring (bicyclic) bond motifs is 1. The molecule has 0 radical (unpaired) electrons. The van der Waals surface area contributed by atoms with Gasteiger partial charge in [0.2, 0.25) is 11.8 Å². The molecule has 1 heterocycles. The average Bonchev–Trinajstić information content (AvgIpc) is 2.55. The molecule has 1 aromatic rings. The normalized spacial score (nSPS) is 26.5. The maximum Gasteiger partial charge on any atom is 0.408 e. The number of carbonyl (C=O) groups is 2. The second-order valence-corrected chi connectivity index (χ2v) is 6.60. The van der Waals surface area contributed by atoms with Crippen LogP contribution in [0, 0.1) is 5.92 Å². The van der Waals surface area contributed by atoms with Crippen molar-refractivity contribution in [1.82, 2.24) is 10.6 Å². The second kappa shape index (κ2) is 6.57. The number of hydrogen-bond donors (Lipinski definition) is 3. The average molecular weight is 355 g/mol. The number of alkyl halides is 3. The number of anilines is 1. The SMILES string of the molecule is Nc1cccc2c1CCCC2NC(=O)C1CCC(C(F)(F)F)NC1=O. The molecule has 2 amide bonds. The number of nitrogens with one attached hydrogen (secondary N) is 2. The number of piperidine rings is 1. The van der Waals surface area contributed by atoms with E-state index in [1.165, 1.54) is 0 Å². The number of carbonyl (C=O) groups excluding carboxylic acids is 2. The zero-order valence-electron chi connectivity index (χ0n) is 13.5. The summed E-state index contributed by atoms with van der Waals surface area (Å²) in [4.78, 5) is 24.4. The monoisotopic (exact) mass is 355 g/mol. The first-order chi connectivity index (χ1) is 11.8. The highest BCUT2D eigenvalue weighted by atomic mass is 19.4. The molecule has 2 aliphatic rings. The van der Waals surface area contributed by atoms with Crippen LogP contribution in [0.2, 0.25) is 0 Å². The Morgan fingerprint density at radius 1 is 1.24 bits per heavy atom. The fourth-order valence-electron chi connectivity index (χ4n) is 3.60. The summed E-state index contributed by atoms with van der Waals surface area (Å²) in [7, 11) is 0. The van der Waals surface area contributed by atoms with Crippen LogP contribution in [-0.4, -0.2) is 24.0 Å². The van der Waals surface area contributed by atoms with E-state index in [2.05, 4.69) is 5.32 Å². The van der Waals surface area contributed by atoms with E-state index in [9.17, 15) is 22.8 Å². The maximum atomic E-state index is 12.7. The van der Waals surface area contributed by atoms with Crippen molar-refractivity contribution < 1.29 is 22.8 Å². The summed E-state index contributed by atoms with van der Waals surface area (Å²) in [6.07, 6.45) is -2.51. The van der Waals surface area contributed by atoms with Crippen LogP contribution in [0.5, 0.6) is 0 Å². The van der Waals surface area contributed by atoms with Crippen LogP contribution in [0.3, 0.4) is 0 Å². The van der Waals surface area contributed by atoms with Gasteiger partial charge in [-0.05, 0) is 49.3 Å². The first-order valence-corrected chi connectivity index (χ1v) is 8.32. The predicted molar refractivity (Wildman–Crippen MR) is 85.4 cm³/mol. The van der Waals surface area contributed by atoms with E-state index in [1.54, 1.807) is 12.1 Å². The van der Waals surface area contributed by atoms with Crippen LogP contribution >= 0.6 is 0 Å². The minimum Gasteiger partial charge on any atom is -0.398 e. The van der Waals surface area contributed by atoms with Crippen LogP contribution in [0.25, 0.3) is 0 Å². The molecule has 0 aromatic heterocycles. The fraction of sp³-hybridized carbons (Fsp3) is 0.529. The van der Waals surface area contributed by atoms with Gasteiger partial charge in [-0.1, -0.05) is 12.1 Å². The predicted octanol–water partition coefficient (Wildman–Crippen LogP) is 2.22. The van der Waals surface area contributed by atoms with Crippen LogP contribution in [0.4, 0.5) is 18.9 Å². The molecule has 3 atom stereocenters. The van der Waals surface area contributed by atoms with Crippen molar-refractivity contribution in [2.24, 2.45) is 5.92 Å². The zero-order valence-corrected chi connectivity index (χ0v) is 13.5. The largest absolute Gasteiger partial charge is 0.408 e. The van der Waals surface area contributed by atoms with Gasteiger partial charge in [0, 0.05) is 5.69 Å². The van der Waals surface area contributed by atoms with Gasteiger partial charge in [0.25, 0.3) is 0 Å². The van der Waals surface area contributed by atoms with Gasteiger partial charge in [0.1, 0.15) is 12.0 Å². The van der Waals surface area contributed by atoms with Crippen molar-refractivity contribution in [3.63, 3.8) is 0 Å². The highest BCUT2D eigenvalue weighted by Gasteiger charge is 2.46. The van der Waals surface area contributed by atoms with Crippen molar-refractivity contribution in [3.05, 3.63) is 29.3 Å². The first kappa shape index (κ1) is 17.6. The Bertz CT molecular complexity index is 690. The first-order valence-electron chi connectivity index (χ1n) is 8.32. The minimum atomic E-state index is -4.49. The minimum absolute atomic E-state index is 0.113. The van der Waals surface area contributed by atoms with Gasteiger partial charge in [0.05, 0.1) is 6.04 Å². The van der Waals surface area contributed by atoms with Crippen molar-refractivity contribution in [1.29, 1.82) is 0 Å². The molecule has 3 rings (SSSR count). The molecule has 1 aliphatic heterocycles. The van der Waals surface area contributed by atoms with E-state index >= 15 is 0 Å². The maximum absolute atomic E-state index is 12.7. The Morgan fingerprint density at radius 3 is 2.68 bits per heavy atom. The number of hydrogen-bond acceptors (Lipinski definition) is 3. The van der Waals surface area contributed by atoms with Crippen LogP contribution in [0.15, 0.2) is 18.2 Å². The topological polar surface area (TPSA) is 84.2 Å². The summed E-state index contributed by atoms with van der Waals surface area (Å²) in [5, 5.41) is 4.73. The molecule has 1 fully saturated rings. The molecule has 3 unspecified atom stereocenters. The van der Waals surface area contributed by atoms with Gasteiger partial charge < -0.3 is 16.4 Å². The van der Waals surface area contributed by atoms with Gasteiger partial charge in [0.15, 0.2) is 0 Å². The summed E-state index contributed by atoms with van der Waals surface area (Å²) in [5.41, 5.74) is 8.55. The molecule has 1 saturated heterocycles. The lowest BCUT2D eigenvalue weighted by Crippen LogP contribution is -2.54. The Labute approximate surface area is 143 Å². The third-order valence-corrected chi connectivity index (χ3v) is 4.95. The summed E-state index contributed by atoms with van der Waals surface area (Å²) < 4.78 is 38.1. The Morgan fingerprint density at radius 2 is 2.00 bits per heavy atom. The molecule has 1 aromatic carbocycles. The van der Waals surface area contributed by atoms with E-state index in [4.69, 9.17) is 5.73 Å². The standard InChI is InChI=1S/C17H20F3N3O2/c18-17(19,20)14-8-7-11(16(25)23-14)15(24)22-13-6-2-3-9-10(13)4-1-5-12(9)21/h1,4-5,11,13-14H,2-3,6-8,21H2,(H,22,24)(H,23,25). The van der Waals surface area contributed by atoms with Crippen LogP contribution in [0.1, 0.15) is 42.9 Å². The molecule has 8 heteroatoms. The number of rotatable bonds is 2. The van der Waals surface area contributed by atoms with Crippen LogP contribution in [-0.2, 0) is 16.0 Å². The Balaban J connectivity index is 1.68. The van der Waals surface area contributed by atoms with Gasteiger partial charge in [-0.3, -0.25) is 9.59 Å². The van der Waals surface area contributed by atoms with Crippen molar-refractivity contribution in [2.75, 3.05) is 5.73 Å². The molecule has 0 spiro atoms. The summed E-state index contributed by atoms with van der Waals surface area (Å²) in [5.74, 6) is -2.49. The summed E-state index contributed by atoms with van der Waals surface area (Å²) in [6.45, 7) is 0. The Kier molecular flexibility index (Phi) is 4.62. The molecule has 5 nitrogen and oxygen atoms in total.